The van der Waals surface area contributed by atoms with E-state index in [4.69, 9.17) is 0 Å². The standard InChI is InChI=1S/C17H22FN3O3/c1-11-10-12(7-8-13(11)18)15-16(2,3)21(24)17(20(15)23)9-5-4-6-14(17)19-22/h7-8,10,22,24H,4-6,9H2,1-3H3/b19-14-. The van der Waals surface area contributed by atoms with Crippen LogP contribution in [0.15, 0.2) is 23.4 Å². The lowest BCUT2D eigenvalue weighted by Gasteiger charge is -2.38. The summed E-state index contributed by atoms with van der Waals surface area (Å²) in [5, 5.41) is 37.8. The molecule has 1 aromatic rings. The fourth-order valence-corrected chi connectivity index (χ4v) is 3.93. The van der Waals surface area contributed by atoms with Gasteiger partial charge in [0.05, 0.1) is 0 Å². The molecule has 1 atom stereocenters. The summed E-state index contributed by atoms with van der Waals surface area (Å²) in [6.07, 6.45) is 2.34. The molecule has 1 heterocycles. The van der Waals surface area contributed by atoms with Crippen molar-refractivity contribution in [1.29, 1.82) is 0 Å². The number of benzene rings is 1. The van der Waals surface area contributed by atoms with E-state index in [0.29, 0.717) is 29.7 Å². The van der Waals surface area contributed by atoms with Crippen molar-refractivity contribution in [2.45, 2.75) is 57.7 Å². The third-order valence-corrected chi connectivity index (χ3v) is 5.20. The Bertz CT molecular complexity index is 745. The summed E-state index contributed by atoms with van der Waals surface area (Å²) >= 11 is 0. The smallest absolute Gasteiger partial charge is 0.293 e. The van der Waals surface area contributed by atoms with Crippen LogP contribution >= 0.6 is 0 Å². The maximum absolute atomic E-state index is 13.6. The van der Waals surface area contributed by atoms with Gasteiger partial charge in [-0.3, -0.25) is 0 Å². The van der Waals surface area contributed by atoms with Gasteiger partial charge in [0.25, 0.3) is 5.66 Å². The van der Waals surface area contributed by atoms with Crippen LogP contribution in [0.1, 0.15) is 50.7 Å². The molecule has 130 valence electrons. The summed E-state index contributed by atoms with van der Waals surface area (Å²) in [4.78, 5) is 0. The maximum Gasteiger partial charge on any atom is 0.293 e. The number of hydrogen-bond donors (Lipinski definition) is 2. The molecule has 1 spiro atoms. The Kier molecular flexibility index (Phi) is 3.88. The first-order valence-corrected chi connectivity index (χ1v) is 8.08. The van der Waals surface area contributed by atoms with Gasteiger partial charge < -0.3 is 15.6 Å². The van der Waals surface area contributed by atoms with Crippen LogP contribution in [0.4, 0.5) is 4.39 Å². The molecule has 1 fully saturated rings. The van der Waals surface area contributed by atoms with Gasteiger partial charge in [-0.05, 0) is 63.8 Å². The lowest BCUT2D eigenvalue weighted by atomic mass is 9.86. The molecule has 24 heavy (non-hydrogen) atoms. The highest BCUT2D eigenvalue weighted by molar-refractivity contribution is 6.07. The molecule has 1 aromatic carbocycles. The quantitative estimate of drug-likeness (QED) is 0.358. The Labute approximate surface area is 140 Å². The summed E-state index contributed by atoms with van der Waals surface area (Å²) in [7, 11) is 0. The van der Waals surface area contributed by atoms with Crippen molar-refractivity contribution in [2.75, 3.05) is 0 Å². The zero-order chi connectivity index (χ0) is 17.7. The number of aryl methyl sites for hydroxylation is 1. The predicted octanol–water partition coefficient (Wildman–Crippen LogP) is 3.02. The van der Waals surface area contributed by atoms with Gasteiger partial charge in [0.15, 0.2) is 0 Å². The Balaban J connectivity index is 2.24. The molecule has 1 aliphatic carbocycles. The highest BCUT2D eigenvalue weighted by Gasteiger charge is 2.65. The summed E-state index contributed by atoms with van der Waals surface area (Å²) in [6.45, 7) is 5.08. The second-order valence-electron chi connectivity index (χ2n) is 7.05. The Morgan fingerprint density at radius 3 is 2.67 bits per heavy atom. The van der Waals surface area contributed by atoms with Gasteiger partial charge >= 0.3 is 0 Å². The lowest BCUT2D eigenvalue weighted by Crippen LogP contribution is -2.60. The SMILES string of the molecule is Cc1cc(C2=[N+]([O-])C3(CCCC/C3=N/O)N(O)C2(C)C)ccc1F. The maximum atomic E-state index is 13.6. The van der Waals surface area contributed by atoms with Crippen molar-refractivity contribution >= 4 is 11.4 Å². The third kappa shape index (κ3) is 2.08. The van der Waals surface area contributed by atoms with Crippen molar-refractivity contribution in [2.24, 2.45) is 5.16 Å². The van der Waals surface area contributed by atoms with Crippen molar-refractivity contribution < 1.29 is 19.5 Å². The average molecular weight is 335 g/mol. The molecule has 1 aliphatic heterocycles. The van der Waals surface area contributed by atoms with Gasteiger partial charge in [-0.25, -0.2) is 4.39 Å². The fourth-order valence-electron chi connectivity index (χ4n) is 3.93. The van der Waals surface area contributed by atoms with Crippen molar-refractivity contribution in [3.8, 4) is 0 Å². The second kappa shape index (κ2) is 5.53. The van der Waals surface area contributed by atoms with Crippen molar-refractivity contribution in [1.82, 2.24) is 5.06 Å². The summed E-state index contributed by atoms with van der Waals surface area (Å²) in [6, 6.07) is 4.45. The van der Waals surface area contributed by atoms with Gasteiger partial charge in [-0.1, -0.05) is 5.16 Å². The van der Waals surface area contributed by atoms with Crippen LogP contribution in [0.3, 0.4) is 0 Å². The molecule has 3 rings (SSSR count). The van der Waals surface area contributed by atoms with E-state index < -0.39 is 11.2 Å². The largest absolute Gasteiger partial charge is 0.622 e. The minimum Gasteiger partial charge on any atom is -0.622 e. The summed E-state index contributed by atoms with van der Waals surface area (Å²) in [5.74, 6) is -0.349. The zero-order valence-electron chi connectivity index (χ0n) is 14.1. The summed E-state index contributed by atoms with van der Waals surface area (Å²) < 4.78 is 14.3. The van der Waals surface area contributed by atoms with Crippen molar-refractivity contribution in [3.05, 3.63) is 40.4 Å². The topological polar surface area (TPSA) is 82.1 Å². The van der Waals surface area contributed by atoms with Crippen LogP contribution in [0.5, 0.6) is 0 Å². The van der Waals surface area contributed by atoms with Crippen LogP contribution in [-0.4, -0.2) is 42.8 Å². The average Bonchev–Trinajstić information content (AvgIpc) is 2.70. The van der Waals surface area contributed by atoms with Gasteiger partial charge in [-0.2, -0.15) is 4.74 Å². The van der Waals surface area contributed by atoms with Crippen LogP contribution < -0.4 is 0 Å². The number of halogens is 1. The zero-order valence-corrected chi connectivity index (χ0v) is 14.1. The first-order chi connectivity index (χ1) is 11.3. The van der Waals surface area contributed by atoms with Gasteiger partial charge in [0.2, 0.25) is 5.71 Å². The minimum absolute atomic E-state index is 0.258. The first-order valence-electron chi connectivity index (χ1n) is 8.08. The molecule has 2 aliphatic rings. The predicted molar refractivity (Wildman–Crippen MR) is 87.0 cm³/mol. The number of nitrogens with zero attached hydrogens (tertiary/aromatic N) is 3. The number of hydroxylamine groups is 3. The van der Waals surface area contributed by atoms with E-state index in [-0.39, 0.29) is 11.5 Å². The van der Waals surface area contributed by atoms with Crippen LogP contribution in [-0.2, 0) is 0 Å². The van der Waals surface area contributed by atoms with E-state index >= 15 is 0 Å². The van der Waals surface area contributed by atoms with Crippen molar-refractivity contribution in [3.63, 3.8) is 0 Å². The molecule has 0 aromatic heterocycles. The van der Waals surface area contributed by atoms with E-state index in [1.165, 1.54) is 12.1 Å². The van der Waals surface area contributed by atoms with E-state index in [9.17, 15) is 20.0 Å². The minimum atomic E-state index is -1.41. The highest BCUT2D eigenvalue weighted by Crippen LogP contribution is 2.42. The molecule has 7 heteroatoms. The molecule has 0 amide bonds. The Morgan fingerprint density at radius 2 is 2.04 bits per heavy atom. The molecule has 0 saturated heterocycles. The van der Waals surface area contributed by atoms with Gasteiger partial charge in [0, 0.05) is 12.0 Å². The normalized spacial score (nSPS) is 29.0. The first kappa shape index (κ1) is 16.9. The molecule has 6 nitrogen and oxygen atoms in total. The number of oxime groups is 1. The number of hydrogen-bond acceptors (Lipinski definition) is 5. The molecule has 0 radical (unpaired) electrons. The van der Waals surface area contributed by atoms with Crippen LogP contribution in [0, 0.1) is 17.9 Å². The Morgan fingerprint density at radius 1 is 1.33 bits per heavy atom. The lowest BCUT2D eigenvalue weighted by molar-refractivity contribution is -0.568. The molecule has 0 bridgehead atoms. The third-order valence-electron chi connectivity index (χ3n) is 5.20. The fraction of sp³-hybridized carbons (Fsp3) is 0.529. The van der Waals surface area contributed by atoms with Gasteiger partial charge in [0.1, 0.15) is 17.1 Å². The molecule has 1 unspecified atom stereocenters. The van der Waals surface area contributed by atoms with Gasteiger partial charge in [-0.15, -0.1) is 5.06 Å². The van der Waals surface area contributed by atoms with Crippen LogP contribution in [0.2, 0.25) is 0 Å². The monoisotopic (exact) mass is 335 g/mol. The molecule has 2 N–H and O–H groups in total. The molecule has 1 saturated carbocycles. The molecular formula is C17H22FN3O3. The van der Waals surface area contributed by atoms with E-state index in [2.05, 4.69) is 5.16 Å². The van der Waals surface area contributed by atoms with Crippen LogP contribution in [0.25, 0.3) is 0 Å². The molecular weight excluding hydrogens is 313 g/mol. The summed E-state index contributed by atoms with van der Waals surface area (Å²) in [5.41, 5.74) is -0.862. The van der Waals surface area contributed by atoms with E-state index in [1.54, 1.807) is 26.8 Å². The second-order valence-corrected chi connectivity index (χ2v) is 7.05. The Hall–Kier alpha value is -1.99. The van der Waals surface area contributed by atoms with E-state index in [1.807, 2.05) is 0 Å². The van der Waals surface area contributed by atoms with E-state index in [0.717, 1.165) is 22.6 Å². The number of rotatable bonds is 1. The highest BCUT2D eigenvalue weighted by atomic mass is 19.1.